The van der Waals surface area contributed by atoms with Crippen molar-refractivity contribution in [1.82, 2.24) is 0 Å². The number of carboxylic acid groups (broad SMARTS) is 1. The molecular weight excluding hydrogens is 290 g/mol. The summed E-state index contributed by atoms with van der Waals surface area (Å²) in [6, 6.07) is 10.5. The van der Waals surface area contributed by atoms with E-state index in [-0.39, 0.29) is 17.4 Å². The van der Waals surface area contributed by atoms with Gasteiger partial charge in [0.25, 0.3) is 0 Å². The van der Waals surface area contributed by atoms with Crippen molar-refractivity contribution in [3.8, 4) is 5.75 Å². The van der Waals surface area contributed by atoms with Gasteiger partial charge in [0.15, 0.2) is 0 Å². The summed E-state index contributed by atoms with van der Waals surface area (Å²) in [4.78, 5) is 11.1. The number of carbonyl (C=O) groups is 1. The zero-order valence-corrected chi connectivity index (χ0v) is 13.9. The molecule has 0 saturated heterocycles. The smallest absolute Gasteiger partial charge is 0.335 e. The Labute approximate surface area is 136 Å². The third-order valence-corrected chi connectivity index (χ3v) is 3.81. The highest BCUT2D eigenvalue weighted by Gasteiger charge is 2.15. The zero-order chi connectivity index (χ0) is 17.1. The maximum absolute atomic E-state index is 11.1. The third kappa shape index (κ3) is 3.83. The highest BCUT2D eigenvalue weighted by molar-refractivity contribution is 5.89. The number of aromatic hydroxyl groups is 1. The maximum atomic E-state index is 11.1. The van der Waals surface area contributed by atoms with E-state index < -0.39 is 5.97 Å². The molecule has 0 bridgehead atoms. The predicted octanol–water partition coefficient (Wildman–Crippen LogP) is 5.08. The Morgan fingerprint density at radius 1 is 0.957 bits per heavy atom. The fourth-order valence-electron chi connectivity index (χ4n) is 2.53. The fourth-order valence-corrected chi connectivity index (χ4v) is 2.53. The number of benzene rings is 2. The average Bonchev–Trinajstić information content (AvgIpc) is 2.48. The van der Waals surface area contributed by atoms with Crippen molar-refractivity contribution >= 4 is 17.3 Å². The van der Waals surface area contributed by atoms with Crippen molar-refractivity contribution in [2.24, 2.45) is 0 Å². The molecule has 122 valence electrons. The summed E-state index contributed by atoms with van der Waals surface area (Å²) >= 11 is 0. The molecule has 0 saturated carbocycles. The minimum absolute atomic E-state index is 0.194. The summed E-state index contributed by atoms with van der Waals surface area (Å²) in [5, 5.41) is 22.8. The van der Waals surface area contributed by atoms with E-state index in [9.17, 15) is 9.90 Å². The van der Waals surface area contributed by atoms with Crippen LogP contribution in [0.2, 0.25) is 0 Å². The number of phenols is 1. The molecule has 0 aliphatic rings. The first-order valence-corrected chi connectivity index (χ1v) is 7.76. The molecule has 2 aromatic rings. The van der Waals surface area contributed by atoms with Crippen LogP contribution in [0.4, 0.5) is 11.4 Å². The zero-order valence-electron chi connectivity index (χ0n) is 13.9. The molecule has 0 aromatic heterocycles. The molecule has 0 aliphatic carbocycles. The van der Waals surface area contributed by atoms with Gasteiger partial charge in [0.2, 0.25) is 0 Å². The Morgan fingerprint density at radius 2 is 1.52 bits per heavy atom. The van der Waals surface area contributed by atoms with Crippen LogP contribution < -0.4 is 5.32 Å². The van der Waals surface area contributed by atoms with E-state index in [0.29, 0.717) is 11.4 Å². The number of nitrogens with one attached hydrogen (secondary N) is 1. The molecule has 0 atom stereocenters. The van der Waals surface area contributed by atoms with E-state index in [1.54, 1.807) is 18.2 Å². The molecular formula is C19H23NO3. The van der Waals surface area contributed by atoms with E-state index in [4.69, 9.17) is 5.11 Å². The fraction of sp³-hybridized carbons (Fsp3) is 0.316. The second-order valence-corrected chi connectivity index (χ2v) is 6.32. The van der Waals surface area contributed by atoms with Crippen LogP contribution in [0.1, 0.15) is 61.0 Å². The van der Waals surface area contributed by atoms with E-state index >= 15 is 0 Å². The molecule has 0 heterocycles. The molecule has 23 heavy (non-hydrogen) atoms. The molecule has 4 nitrogen and oxygen atoms in total. The van der Waals surface area contributed by atoms with Crippen molar-refractivity contribution in [1.29, 1.82) is 0 Å². The molecule has 0 spiro atoms. The van der Waals surface area contributed by atoms with Gasteiger partial charge in [0.05, 0.1) is 5.56 Å². The minimum atomic E-state index is -0.954. The number of carboxylic acids is 1. The second kappa shape index (κ2) is 6.73. The van der Waals surface area contributed by atoms with Gasteiger partial charge in [-0.1, -0.05) is 33.8 Å². The first-order valence-electron chi connectivity index (χ1n) is 7.76. The van der Waals surface area contributed by atoms with Gasteiger partial charge in [-0.25, -0.2) is 4.79 Å². The number of phenolic OH excluding ortho intramolecular Hbond substituents is 1. The SMILES string of the molecule is CC(C)c1cc(Nc2cccc(C(=O)O)c2)cc(C(C)C)c1O. The van der Waals surface area contributed by atoms with Crippen LogP contribution in [-0.2, 0) is 0 Å². The molecule has 2 aromatic carbocycles. The number of hydrogen-bond acceptors (Lipinski definition) is 3. The van der Waals surface area contributed by atoms with Crippen LogP contribution in [-0.4, -0.2) is 16.2 Å². The van der Waals surface area contributed by atoms with Crippen LogP contribution in [0.25, 0.3) is 0 Å². The van der Waals surface area contributed by atoms with Gasteiger partial charge < -0.3 is 15.5 Å². The number of rotatable bonds is 5. The van der Waals surface area contributed by atoms with E-state index in [2.05, 4.69) is 5.32 Å². The van der Waals surface area contributed by atoms with E-state index in [1.807, 2.05) is 45.9 Å². The Balaban J connectivity index is 2.43. The largest absolute Gasteiger partial charge is 0.507 e. The van der Waals surface area contributed by atoms with E-state index in [0.717, 1.165) is 16.8 Å². The van der Waals surface area contributed by atoms with Crippen molar-refractivity contribution in [3.05, 3.63) is 53.1 Å². The first-order chi connectivity index (χ1) is 10.8. The maximum Gasteiger partial charge on any atom is 0.335 e. The summed E-state index contributed by atoms with van der Waals surface area (Å²) < 4.78 is 0. The van der Waals surface area contributed by atoms with Gasteiger partial charge in [-0.15, -0.1) is 0 Å². The summed E-state index contributed by atoms with van der Waals surface area (Å²) in [5.41, 5.74) is 3.56. The number of anilines is 2. The lowest BCUT2D eigenvalue weighted by atomic mass is 9.93. The van der Waals surface area contributed by atoms with Crippen molar-refractivity contribution < 1.29 is 15.0 Å². The van der Waals surface area contributed by atoms with E-state index in [1.165, 1.54) is 0 Å². The Kier molecular flexibility index (Phi) is 4.94. The molecule has 0 amide bonds. The standard InChI is InChI=1S/C19H23NO3/c1-11(2)16-9-15(10-17(12(3)4)18(16)21)20-14-7-5-6-13(8-14)19(22)23/h5-12,20-21H,1-4H3,(H,22,23). The first kappa shape index (κ1) is 16.9. The summed E-state index contributed by atoms with van der Waals surface area (Å²) in [6.07, 6.45) is 0. The van der Waals surface area contributed by atoms with Crippen molar-refractivity contribution in [2.75, 3.05) is 5.32 Å². The van der Waals surface area contributed by atoms with Gasteiger partial charge in [-0.05, 0) is 53.3 Å². The van der Waals surface area contributed by atoms with Gasteiger partial charge >= 0.3 is 5.97 Å². The lowest BCUT2D eigenvalue weighted by Gasteiger charge is -2.18. The monoisotopic (exact) mass is 313 g/mol. The lowest BCUT2D eigenvalue weighted by Crippen LogP contribution is -2.01. The highest BCUT2D eigenvalue weighted by atomic mass is 16.4. The topological polar surface area (TPSA) is 69.6 Å². The molecule has 0 unspecified atom stereocenters. The molecule has 0 aliphatic heterocycles. The Morgan fingerprint density at radius 3 is 2.00 bits per heavy atom. The van der Waals surface area contributed by atoms with Crippen LogP contribution in [0.15, 0.2) is 36.4 Å². The van der Waals surface area contributed by atoms with Crippen LogP contribution >= 0.6 is 0 Å². The minimum Gasteiger partial charge on any atom is -0.507 e. The van der Waals surface area contributed by atoms with Crippen LogP contribution in [0.5, 0.6) is 5.75 Å². The molecule has 0 fully saturated rings. The predicted molar refractivity (Wildman–Crippen MR) is 93.0 cm³/mol. The van der Waals surface area contributed by atoms with Crippen LogP contribution in [0.3, 0.4) is 0 Å². The molecule has 2 rings (SSSR count). The third-order valence-electron chi connectivity index (χ3n) is 3.81. The van der Waals surface area contributed by atoms with Crippen molar-refractivity contribution in [2.45, 2.75) is 39.5 Å². The van der Waals surface area contributed by atoms with Gasteiger partial charge in [-0.2, -0.15) is 0 Å². The number of aromatic carboxylic acids is 1. The van der Waals surface area contributed by atoms with Crippen molar-refractivity contribution in [3.63, 3.8) is 0 Å². The van der Waals surface area contributed by atoms with Gasteiger partial charge in [0.1, 0.15) is 5.75 Å². The van der Waals surface area contributed by atoms with Gasteiger partial charge in [-0.3, -0.25) is 0 Å². The molecule has 0 radical (unpaired) electrons. The second-order valence-electron chi connectivity index (χ2n) is 6.32. The van der Waals surface area contributed by atoms with Gasteiger partial charge in [0, 0.05) is 11.4 Å². The summed E-state index contributed by atoms with van der Waals surface area (Å²) in [5.74, 6) is -0.218. The number of hydrogen-bond donors (Lipinski definition) is 3. The Bertz CT molecular complexity index is 691. The van der Waals surface area contributed by atoms with Crippen LogP contribution in [0, 0.1) is 0 Å². The normalized spacial score (nSPS) is 11.0. The Hall–Kier alpha value is -2.49. The quantitative estimate of drug-likeness (QED) is 0.673. The lowest BCUT2D eigenvalue weighted by molar-refractivity contribution is 0.0697. The summed E-state index contributed by atoms with van der Waals surface area (Å²) in [7, 11) is 0. The molecule has 4 heteroatoms. The summed E-state index contributed by atoms with van der Waals surface area (Å²) in [6.45, 7) is 8.14. The molecule has 3 N–H and O–H groups in total. The highest BCUT2D eigenvalue weighted by Crippen LogP contribution is 2.37. The average molecular weight is 313 g/mol.